The standard InChI is InChI=1S/C21H20ClF2IN4O3/c1-4-28-20(10-30)27-29(21(28)31)18-7-19(32-11(2)3)13(6-17(18)25)15(23)5-12-14(22)8-26-9-16(12)24/h5-9,11,30H,4,10H2,1-3H3/b15-5-. The molecule has 0 aliphatic heterocycles. The quantitative estimate of drug-likeness (QED) is 0.416. The number of hydrogen-bond acceptors (Lipinski definition) is 5. The number of hydrogen-bond donors (Lipinski definition) is 1. The minimum absolute atomic E-state index is 0.0361. The fraction of sp³-hybridized carbons (Fsp3) is 0.286. The predicted octanol–water partition coefficient (Wildman–Crippen LogP) is 4.59. The summed E-state index contributed by atoms with van der Waals surface area (Å²) in [4.78, 5) is 16.4. The SMILES string of the molecule is CCn1c(CO)nn(-c2cc(OC(C)C)c(/C(F)=C/c3c(F)cncc3Cl)cc2I)c1=O. The number of aliphatic hydroxyl groups is 1. The molecule has 1 N–H and O–H groups in total. The number of ether oxygens (including phenoxy) is 1. The van der Waals surface area contributed by atoms with Crippen molar-refractivity contribution >= 4 is 46.1 Å². The van der Waals surface area contributed by atoms with E-state index >= 15 is 4.39 Å². The topological polar surface area (TPSA) is 82.2 Å². The molecule has 1 aromatic carbocycles. The molecule has 7 nitrogen and oxygen atoms in total. The first-order chi connectivity index (χ1) is 15.2. The molecule has 0 radical (unpaired) electrons. The van der Waals surface area contributed by atoms with Gasteiger partial charge in [-0.3, -0.25) is 9.55 Å². The number of halogens is 4. The minimum atomic E-state index is -0.778. The molecule has 0 aliphatic rings. The van der Waals surface area contributed by atoms with Crippen molar-refractivity contribution in [1.29, 1.82) is 0 Å². The molecule has 0 saturated carbocycles. The first-order valence-corrected chi connectivity index (χ1v) is 11.1. The smallest absolute Gasteiger partial charge is 0.350 e. The van der Waals surface area contributed by atoms with Crippen LogP contribution >= 0.6 is 34.2 Å². The number of aromatic nitrogens is 4. The van der Waals surface area contributed by atoms with E-state index in [1.165, 1.54) is 22.9 Å². The maximum Gasteiger partial charge on any atom is 0.350 e. The van der Waals surface area contributed by atoms with E-state index in [-0.39, 0.29) is 33.8 Å². The zero-order valence-electron chi connectivity index (χ0n) is 17.4. The Morgan fingerprint density at radius 3 is 2.66 bits per heavy atom. The average molecular weight is 577 g/mol. The van der Waals surface area contributed by atoms with Crippen LogP contribution in [0.15, 0.2) is 29.3 Å². The van der Waals surface area contributed by atoms with Crippen molar-refractivity contribution in [2.24, 2.45) is 0 Å². The fourth-order valence-corrected chi connectivity index (χ4v) is 3.93. The highest BCUT2D eigenvalue weighted by Gasteiger charge is 2.20. The molecule has 0 spiro atoms. The van der Waals surface area contributed by atoms with Crippen LogP contribution in [0.3, 0.4) is 0 Å². The lowest BCUT2D eigenvalue weighted by atomic mass is 10.1. The molecule has 0 unspecified atom stereocenters. The lowest BCUT2D eigenvalue weighted by Crippen LogP contribution is -2.24. The van der Waals surface area contributed by atoms with Gasteiger partial charge in [0.25, 0.3) is 0 Å². The summed E-state index contributed by atoms with van der Waals surface area (Å²) >= 11 is 7.92. The van der Waals surface area contributed by atoms with Gasteiger partial charge >= 0.3 is 5.69 Å². The van der Waals surface area contributed by atoms with Gasteiger partial charge < -0.3 is 9.84 Å². The lowest BCUT2D eigenvalue weighted by molar-refractivity contribution is 0.241. The highest BCUT2D eigenvalue weighted by atomic mass is 127. The van der Waals surface area contributed by atoms with Crippen LogP contribution in [0.5, 0.6) is 5.75 Å². The Kier molecular flexibility index (Phi) is 7.67. The second-order valence-electron chi connectivity index (χ2n) is 6.99. The van der Waals surface area contributed by atoms with Gasteiger partial charge in [0.1, 0.15) is 24.0 Å². The van der Waals surface area contributed by atoms with Gasteiger partial charge in [-0.05, 0) is 55.5 Å². The largest absolute Gasteiger partial charge is 0.490 e. The Morgan fingerprint density at radius 2 is 2.09 bits per heavy atom. The van der Waals surface area contributed by atoms with Crippen LogP contribution in [0.2, 0.25) is 5.02 Å². The molecule has 0 saturated heterocycles. The highest BCUT2D eigenvalue weighted by molar-refractivity contribution is 14.1. The minimum Gasteiger partial charge on any atom is -0.490 e. The lowest BCUT2D eigenvalue weighted by Gasteiger charge is -2.16. The summed E-state index contributed by atoms with van der Waals surface area (Å²) in [7, 11) is 0. The molecule has 2 aromatic heterocycles. The molecular formula is C21H20ClF2IN4O3. The van der Waals surface area contributed by atoms with Crippen molar-refractivity contribution in [3.63, 3.8) is 0 Å². The number of pyridine rings is 1. The third kappa shape index (κ3) is 4.86. The van der Waals surface area contributed by atoms with Gasteiger partial charge in [-0.15, -0.1) is 5.10 Å². The van der Waals surface area contributed by atoms with Crippen molar-refractivity contribution in [2.75, 3.05) is 0 Å². The number of rotatable bonds is 7. The van der Waals surface area contributed by atoms with E-state index in [1.54, 1.807) is 20.8 Å². The van der Waals surface area contributed by atoms with Gasteiger partial charge in [0.2, 0.25) is 0 Å². The van der Waals surface area contributed by atoms with Crippen LogP contribution in [-0.2, 0) is 13.2 Å². The van der Waals surface area contributed by atoms with Crippen LogP contribution < -0.4 is 10.4 Å². The summed E-state index contributed by atoms with van der Waals surface area (Å²) in [6.07, 6.45) is 2.82. The first-order valence-electron chi connectivity index (χ1n) is 9.64. The third-order valence-electron chi connectivity index (χ3n) is 4.46. The summed E-state index contributed by atoms with van der Waals surface area (Å²) in [6, 6.07) is 2.97. The van der Waals surface area contributed by atoms with E-state index in [9.17, 15) is 14.3 Å². The van der Waals surface area contributed by atoms with Crippen LogP contribution in [0.25, 0.3) is 17.6 Å². The highest BCUT2D eigenvalue weighted by Crippen LogP contribution is 2.35. The summed E-state index contributed by atoms with van der Waals surface area (Å²) < 4.78 is 38.1. The van der Waals surface area contributed by atoms with Gasteiger partial charge in [0, 0.05) is 27.9 Å². The molecule has 2 heterocycles. The van der Waals surface area contributed by atoms with Gasteiger partial charge in [0.05, 0.1) is 28.6 Å². The van der Waals surface area contributed by atoms with Gasteiger partial charge in [0.15, 0.2) is 5.82 Å². The summed E-state index contributed by atoms with van der Waals surface area (Å²) in [5.74, 6) is -1.20. The Morgan fingerprint density at radius 1 is 1.38 bits per heavy atom. The van der Waals surface area contributed by atoms with E-state index in [2.05, 4.69) is 10.1 Å². The van der Waals surface area contributed by atoms with E-state index in [0.717, 1.165) is 17.0 Å². The third-order valence-corrected chi connectivity index (χ3v) is 5.62. The van der Waals surface area contributed by atoms with Crippen molar-refractivity contribution in [3.05, 3.63) is 66.4 Å². The molecule has 0 aliphatic carbocycles. The van der Waals surface area contributed by atoms with E-state index in [1.807, 2.05) is 22.6 Å². The molecule has 0 atom stereocenters. The molecule has 3 aromatic rings. The van der Waals surface area contributed by atoms with Crippen LogP contribution in [0, 0.1) is 9.39 Å². The Balaban J connectivity index is 2.20. The monoisotopic (exact) mass is 576 g/mol. The van der Waals surface area contributed by atoms with Crippen molar-refractivity contribution in [3.8, 4) is 11.4 Å². The fourth-order valence-electron chi connectivity index (χ4n) is 3.04. The van der Waals surface area contributed by atoms with Crippen LogP contribution in [0.1, 0.15) is 37.7 Å². The molecule has 170 valence electrons. The maximum absolute atomic E-state index is 15.3. The van der Waals surface area contributed by atoms with E-state index in [4.69, 9.17) is 16.3 Å². The molecule has 11 heteroatoms. The molecular weight excluding hydrogens is 557 g/mol. The maximum atomic E-state index is 15.3. The normalized spacial score (nSPS) is 12.0. The Hall–Kier alpha value is -2.31. The van der Waals surface area contributed by atoms with Gasteiger partial charge in [-0.2, -0.15) is 4.68 Å². The van der Waals surface area contributed by atoms with Crippen LogP contribution in [-0.4, -0.2) is 30.5 Å². The van der Waals surface area contributed by atoms with Gasteiger partial charge in [-0.25, -0.2) is 13.6 Å². The second-order valence-corrected chi connectivity index (χ2v) is 8.56. The summed E-state index contributed by atoms with van der Waals surface area (Å²) in [5.41, 5.74) is -0.166. The Labute approximate surface area is 201 Å². The zero-order chi connectivity index (χ0) is 23.6. The summed E-state index contributed by atoms with van der Waals surface area (Å²) in [5, 5.41) is 13.7. The second kappa shape index (κ2) is 10.1. The molecule has 32 heavy (non-hydrogen) atoms. The summed E-state index contributed by atoms with van der Waals surface area (Å²) in [6.45, 7) is 5.22. The molecule has 3 rings (SSSR count). The first kappa shape index (κ1) is 24.3. The van der Waals surface area contributed by atoms with Crippen molar-refractivity contribution in [1.82, 2.24) is 19.3 Å². The molecule has 0 bridgehead atoms. The molecule has 0 fully saturated rings. The van der Waals surface area contributed by atoms with Gasteiger partial charge in [-0.1, -0.05) is 11.6 Å². The van der Waals surface area contributed by atoms with E-state index in [0.29, 0.717) is 15.8 Å². The zero-order valence-corrected chi connectivity index (χ0v) is 20.4. The number of benzene rings is 1. The predicted molar refractivity (Wildman–Crippen MR) is 126 cm³/mol. The van der Waals surface area contributed by atoms with Crippen molar-refractivity contribution in [2.45, 2.75) is 40.0 Å². The number of aliphatic hydroxyl groups excluding tert-OH is 1. The Bertz CT molecular complexity index is 1220. The molecule has 0 amide bonds. The number of nitrogens with zero attached hydrogens (tertiary/aromatic N) is 4. The average Bonchev–Trinajstić information content (AvgIpc) is 3.06. The van der Waals surface area contributed by atoms with Crippen LogP contribution in [0.4, 0.5) is 8.78 Å². The van der Waals surface area contributed by atoms with Crippen molar-refractivity contribution < 1.29 is 18.6 Å². The van der Waals surface area contributed by atoms with E-state index < -0.39 is 23.9 Å².